The average molecular weight is 572 g/mol. The Morgan fingerprint density at radius 2 is 1.90 bits per heavy atom. The number of aromatic nitrogens is 4. The maximum absolute atomic E-state index is 13.1. The molecule has 42 heavy (non-hydrogen) atoms. The van der Waals surface area contributed by atoms with Gasteiger partial charge in [0.1, 0.15) is 0 Å². The number of hydrogen-bond donors (Lipinski definition) is 1. The van der Waals surface area contributed by atoms with Crippen molar-refractivity contribution < 1.29 is 9.53 Å². The van der Waals surface area contributed by atoms with Crippen LogP contribution in [0.3, 0.4) is 0 Å². The molecule has 2 aromatic heterocycles. The van der Waals surface area contributed by atoms with E-state index in [1.165, 1.54) is 11.1 Å². The summed E-state index contributed by atoms with van der Waals surface area (Å²) in [6, 6.07) is 9.07. The first kappa shape index (κ1) is 28.8. The molecule has 0 radical (unpaired) electrons. The molecule has 6 rings (SSSR count). The number of aryl methyl sites for hydroxylation is 1. The molecule has 1 unspecified atom stereocenters. The number of rotatable bonds is 7. The fourth-order valence-corrected chi connectivity index (χ4v) is 6.58. The lowest BCUT2D eigenvalue weighted by Gasteiger charge is -2.42. The van der Waals surface area contributed by atoms with Crippen molar-refractivity contribution in [1.82, 2.24) is 29.5 Å². The minimum Gasteiger partial charge on any atom is -0.369 e. The highest BCUT2D eigenvalue weighted by molar-refractivity contribution is 5.78. The maximum atomic E-state index is 13.1. The first-order chi connectivity index (χ1) is 20.2. The molecule has 9 nitrogen and oxygen atoms in total. The van der Waals surface area contributed by atoms with Crippen LogP contribution in [0.5, 0.6) is 0 Å². The van der Waals surface area contributed by atoms with Gasteiger partial charge >= 0.3 is 0 Å². The zero-order chi connectivity index (χ0) is 29.3. The van der Waals surface area contributed by atoms with Gasteiger partial charge < -0.3 is 19.9 Å². The number of amides is 1. The summed E-state index contributed by atoms with van der Waals surface area (Å²) < 4.78 is 8.11. The Morgan fingerprint density at radius 1 is 1.10 bits per heavy atom. The molecule has 1 aromatic carbocycles. The molecule has 3 aliphatic rings. The van der Waals surface area contributed by atoms with E-state index in [2.05, 4.69) is 77.2 Å². The summed E-state index contributed by atoms with van der Waals surface area (Å²) in [4.78, 5) is 26.8. The minimum atomic E-state index is -0.173. The predicted octanol–water partition coefficient (Wildman–Crippen LogP) is 5.58. The summed E-state index contributed by atoms with van der Waals surface area (Å²) in [5.74, 6) is 1.07. The number of hydrogen-bond acceptors (Lipinski definition) is 7. The molecule has 1 atom stereocenters. The molecule has 2 saturated heterocycles. The number of nitrogens with zero attached hydrogens (tertiary/aromatic N) is 6. The summed E-state index contributed by atoms with van der Waals surface area (Å²) in [6.07, 6.45) is 13.1. The van der Waals surface area contributed by atoms with E-state index in [-0.39, 0.29) is 23.5 Å². The van der Waals surface area contributed by atoms with Crippen molar-refractivity contribution in [3.63, 3.8) is 0 Å². The molecule has 0 spiro atoms. The summed E-state index contributed by atoms with van der Waals surface area (Å²) in [5.41, 5.74) is 5.36. The Morgan fingerprint density at radius 3 is 2.69 bits per heavy atom. The lowest BCUT2D eigenvalue weighted by atomic mass is 9.88. The quantitative estimate of drug-likeness (QED) is 0.371. The van der Waals surface area contributed by atoms with Crippen LogP contribution in [-0.4, -0.2) is 80.4 Å². The predicted molar refractivity (Wildman–Crippen MR) is 165 cm³/mol. The van der Waals surface area contributed by atoms with Crippen molar-refractivity contribution in [3.8, 4) is 11.3 Å². The zero-order valence-electron chi connectivity index (χ0n) is 25.6. The van der Waals surface area contributed by atoms with Crippen LogP contribution in [0.15, 0.2) is 42.9 Å². The number of anilines is 2. The highest BCUT2D eigenvalue weighted by Gasteiger charge is 2.35. The minimum absolute atomic E-state index is 0.153. The first-order valence-corrected chi connectivity index (χ1v) is 15.6. The molecule has 1 N–H and O–H groups in total. The lowest BCUT2D eigenvalue weighted by Crippen LogP contribution is -2.56. The highest BCUT2D eigenvalue weighted by Crippen LogP contribution is 2.36. The summed E-state index contributed by atoms with van der Waals surface area (Å²) in [5, 5.41) is 7.96. The molecule has 224 valence electrons. The van der Waals surface area contributed by atoms with Gasteiger partial charge in [-0.3, -0.25) is 9.48 Å². The van der Waals surface area contributed by atoms with Crippen LogP contribution < -0.4 is 5.32 Å². The van der Waals surface area contributed by atoms with Gasteiger partial charge in [0.15, 0.2) is 0 Å². The molecule has 1 amide bonds. The van der Waals surface area contributed by atoms with Gasteiger partial charge in [-0.1, -0.05) is 18.6 Å². The smallest absolute Gasteiger partial charge is 0.227 e. The van der Waals surface area contributed by atoms with Gasteiger partial charge in [0, 0.05) is 37.5 Å². The van der Waals surface area contributed by atoms with Gasteiger partial charge in [-0.2, -0.15) is 5.10 Å². The molecule has 2 fully saturated rings. The van der Waals surface area contributed by atoms with E-state index in [1.807, 2.05) is 23.4 Å². The number of fused-ring (bicyclic) bond motifs is 1. The third-order valence-corrected chi connectivity index (χ3v) is 8.84. The van der Waals surface area contributed by atoms with E-state index in [0.717, 1.165) is 68.6 Å². The third kappa shape index (κ3) is 6.84. The topological polar surface area (TPSA) is 88.4 Å². The molecular formula is C33H45N7O2. The molecule has 0 bridgehead atoms. The summed E-state index contributed by atoms with van der Waals surface area (Å²) in [7, 11) is 2.17. The van der Waals surface area contributed by atoms with Crippen molar-refractivity contribution in [2.45, 2.75) is 89.4 Å². The molecule has 0 saturated carbocycles. The van der Waals surface area contributed by atoms with Crippen LogP contribution >= 0.6 is 0 Å². The molecule has 1 aliphatic carbocycles. The Kier molecular flexibility index (Phi) is 8.32. The number of benzene rings is 1. The van der Waals surface area contributed by atoms with E-state index < -0.39 is 0 Å². The number of ether oxygens (including phenoxy) is 1. The van der Waals surface area contributed by atoms with E-state index in [0.29, 0.717) is 31.5 Å². The van der Waals surface area contributed by atoms with Crippen molar-refractivity contribution in [2.24, 2.45) is 0 Å². The number of nitrogens with one attached hydrogen (secondary N) is 1. The van der Waals surface area contributed by atoms with Crippen LogP contribution in [0.4, 0.5) is 11.6 Å². The normalized spacial score (nSPS) is 20.6. The SMILES string of the molecule is CN1CCC(n2cc(Nc3nccc(-c4ccc5c(c4)CCCCC5CC(=O)N4CC(OC(C)(C)C)C4)n3)cn2)CC1. The van der Waals surface area contributed by atoms with E-state index in [4.69, 9.17) is 9.72 Å². The van der Waals surface area contributed by atoms with Gasteiger partial charge in [-0.15, -0.1) is 0 Å². The van der Waals surface area contributed by atoms with E-state index in [1.54, 1.807) is 0 Å². The maximum Gasteiger partial charge on any atom is 0.227 e. The Hall–Kier alpha value is -3.30. The number of likely N-dealkylation sites (tertiary alicyclic amines) is 2. The Bertz CT molecular complexity index is 1380. The molecule has 4 heterocycles. The van der Waals surface area contributed by atoms with Gasteiger partial charge in [-0.25, -0.2) is 9.97 Å². The zero-order valence-corrected chi connectivity index (χ0v) is 25.6. The fraction of sp³-hybridized carbons (Fsp3) is 0.576. The molecule has 9 heteroatoms. The second-order valence-corrected chi connectivity index (χ2v) is 13.3. The summed E-state index contributed by atoms with van der Waals surface area (Å²) >= 11 is 0. The van der Waals surface area contributed by atoms with Crippen LogP contribution in [0.2, 0.25) is 0 Å². The van der Waals surface area contributed by atoms with Crippen LogP contribution in [0, 0.1) is 0 Å². The fourth-order valence-electron chi connectivity index (χ4n) is 6.58. The largest absolute Gasteiger partial charge is 0.369 e. The Labute approximate surface area is 249 Å². The number of carbonyl (C=O) groups excluding carboxylic acids is 1. The van der Waals surface area contributed by atoms with Crippen LogP contribution in [0.1, 0.15) is 82.4 Å². The third-order valence-electron chi connectivity index (χ3n) is 8.84. The second kappa shape index (κ2) is 12.1. The standard InChI is InChI=1S/C33H45N7O2/c1-33(2,3)42-28-21-39(22-28)31(41)18-24-8-6-5-7-23-17-25(9-10-29(23)24)30-11-14-34-32(37-30)36-26-19-35-40(20-26)27-12-15-38(4)16-13-27/h9-11,14,17,19-20,24,27-28H,5-8,12-13,15-16,18,21-22H2,1-4H3,(H,34,36,37). The van der Waals surface area contributed by atoms with Crippen molar-refractivity contribution in [2.75, 3.05) is 38.5 Å². The molecular weight excluding hydrogens is 526 g/mol. The van der Waals surface area contributed by atoms with Gasteiger partial charge in [0.2, 0.25) is 11.9 Å². The van der Waals surface area contributed by atoms with Crippen LogP contribution in [0.25, 0.3) is 11.3 Å². The van der Waals surface area contributed by atoms with Crippen molar-refractivity contribution in [1.29, 1.82) is 0 Å². The first-order valence-electron chi connectivity index (χ1n) is 15.6. The second-order valence-electron chi connectivity index (χ2n) is 13.3. The molecule has 3 aromatic rings. The van der Waals surface area contributed by atoms with Crippen molar-refractivity contribution >= 4 is 17.5 Å². The number of piperidine rings is 1. The Balaban J connectivity index is 1.11. The number of carbonyl (C=O) groups is 1. The van der Waals surface area contributed by atoms with Gasteiger partial charge in [0.25, 0.3) is 0 Å². The van der Waals surface area contributed by atoms with Crippen molar-refractivity contribution in [3.05, 3.63) is 54.0 Å². The summed E-state index contributed by atoms with van der Waals surface area (Å²) in [6.45, 7) is 9.82. The lowest BCUT2D eigenvalue weighted by molar-refractivity contribution is -0.157. The van der Waals surface area contributed by atoms with Gasteiger partial charge in [-0.05, 0) is 102 Å². The van der Waals surface area contributed by atoms with E-state index >= 15 is 0 Å². The van der Waals surface area contributed by atoms with E-state index in [9.17, 15) is 4.79 Å². The monoisotopic (exact) mass is 571 g/mol. The highest BCUT2D eigenvalue weighted by atomic mass is 16.5. The van der Waals surface area contributed by atoms with Crippen LogP contribution in [-0.2, 0) is 16.0 Å². The van der Waals surface area contributed by atoms with Gasteiger partial charge in [0.05, 0.1) is 35.3 Å². The average Bonchev–Trinajstić information content (AvgIpc) is 3.31. The molecule has 2 aliphatic heterocycles.